The number of carbonyl (C=O) groups excluding carboxylic acids is 1. The van der Waals surface area contributed by atoms with Crippen LogP contribution in [0.3, 0.4) is 0 Å². The van der Waals surface area contributed by atoms with Crippen LogP contribution in [0, 0.1) is 0 Å². The summed E-state index contributed by atoms with van der Waals surface area (Å²) in [7, 11) is 0.929. The Labute approximate surface area is 132 Å². The first-order valence-electron chi connectivity index (χ1n) is 7.13. The standard InChI is InChI=1S/C20H15OP/c21-19(16-10-4-1-5-11-16)20(17-12-6-2-7-13-17)22-18-14-8-3-9-15-18/h1-15H. The summed E-state index contributed by atoms with van der Waals surface area (Å²) in [5.41, 5.74) is 1.70. The molecule has 3 aromatic carbocycles. The first-order chi connectivity index (χ1) is 10.8. The van der Waals surface area contributed by atoms with Crippen LogP contribution in [0.1, 0.15) is 15.9 Å². The monoisotopic (exact) mass is 302 g/mol. The Morgan fingerprint density at radius 3 is 1.59 bits per heavy atom. The predicted molar refractivity (Wildman–Crippen MR) is 94.3 cm³/mol. The van der Waals surface area contributed by atoms with Crippen molar-refractivity contribution in [2.45, 2.75) is 0 Å². The van der Waals surface area contributed by atoms with Gasteiger partial charge < -0.3 is 0 Å². The minimum Gasteiger partial charge on any atom is -0.288 e. The molecule has 0 aliphatic carbocycles. The van der Waals surface area contributed by atoms with Crippen molar-refractivity contribution in [3.05, 3.63) is 102 Å². The Morgan fingerprint density at radius 1 is 0.591 bits per heavy atom. The third kappa shape index (κ3) is 3.39. The fourth-order valence-electron chi connectivity index (χ4n) is 2.20. The van der Waals surface area contributed by atoms with Crippen molar-refractivity contribution in [2.75, 3.05) is 0 Å². The lowest BCUT2D eigenvalue weighted by Crippen LogP contribution is -2.15. The molecule has 22 heavy (non-hydrogen) atoms. The fourth-order valence-corrected chi connectivity index (χ4v) is 3.29. The van der Waals surface area contributed by atoms with Crippen LogP contribution < -0.4 is 5.30 Å². The normalized spacial score (nSPS) is 11.2. The molecule has 0 N–H and O–H groups in total. The molecular weight excluding hydrogens is 287 g/mol. The fraction of sp³-hybridized carbons (Fsp3) is 0. The number of hydrogen-bond donors (Lipinski definition) is 0. The van der Waals surface area contributed by atoms with Crippen molar-refractivity contribution in [1.29, 1.82) is 0 Å². The molecule has 0 heterocycles. The lowest BCUT2D eigenvalue weighted by molar-refractivity contribution is 0.106. The maximum Gasteiger partial charge on any atom is 0.198 e. The molecule has 0 spiro atoms. The minimum atomic E-state index is 0.0809. The van der Waals surface area contributed by atoms with Gasteiger partial charge in [-0.2, -0.15) is 0 Å². The van der Waals surface area contributed by atoms with Crippen LogP contribution >= 0.6 is 8.20 Å². The molecule has 0 saturated heterocycles. The van der Waals surface area contributed by atoms with E-state index in [-0.39, 0.29) is 5.78 Å². The molecule has 3 aromatic rings. The maximum atomic E-state index is 12.9. The van der Waals surface area contributed by atoms with Crippen molar-refractivity contribution in [3.8, 4) is 0 Å². The highest BCUT2D eigenvalue weighted by Gasteiger charge is 2.14. The maximum absolute atomic E-state index is 12.9. The molecule has 0 aliphatic heterocycles. The van der Waals surface area contributed by atoms with Gasteiger partial charge in [-0.15, -0.1) is 0 Å². The Morgan fingerprint density at radius 2 is 1.05 bits per heavy atom. The van der Waals surface area contributed by atoms with Gasteiger partial charge in [0, 0.05) is 10.9 Å². The molecule has 0 aromatic heterocycles. The van der Waals surface area contributed by atoms with Gasteiger partial charge in [-0.05, 0) is 5.56 Å². The van der Waals surface area contributed by atoms with Crippen LogP contribution in [0.5, 0.6) is 0 Å². The Hall–Kier alpha value is -2.50. The average molecular weight is 302 g/mol. The lowest BCUT2D eigenvalue weighted by atomic mass is 10.0. The molecule has 0 aliphatic rings. The van der Waals surface area contributed by atoms with Crippen molar-refractivity contribution >= 4 is 24.6 Å². The largest absolute Gasteiger partial charge is 0.288 e. The third-order valence-electron chi connectivity index (χ3n) is 3.30. The van der Waals surface area contributed by atoms with Gasteiger partial charge >= 0.3 is 0 Å². The summed E-state index contributed by atoms with van der Waals surface area (Å²) in [6.07, 6.45) is 0. The number of ketones is 1. The van der Waals surface area contributed by atoms with Crippen LogP contribution in [-0.2, 0) is 0 Å². The van der Waals surface area contributed by atoms with Crippen LogP contribution in [0.2, 0.25) is 0 Å². The zero-order chi connectivity index (χ0) is 15.2. The van der Waals surface area contributed by atoms with E-state index < -0.39 is 0 Å². The van der Waals surface area contributed by atoms with E-state index >= 15 is 0 Å². The van der Waals surface area contributed by atoms with Crippen molar-refractivity contribution < 1.29 is 4.79 Å². The lowest BCUT2D eigenvalue weighted by Gasteiger charge is -2.07. The molecule has 0 radical (unpaired) electrons. The van der Waals surface area contributed by atoms with E-state index in [9.17, 15) is 4.79 Å². The van der Waals surface area contributed by atoms with Crippen molar-refractivity contribution in [1.82, 2.24) is 0 Å². The van der Waals surface area contributed by atoms with Crippen LogP contribution in [-0.4, -0.2) is 11.1 Å². The van der Waals surface area contributed by atoms with Gasteiger partial charge in [0.1, 0.15) is 0 Å². The van der Waals surface area contributed by atoms with Gasteiger partial charge in [-0.25, -0.2) is 0 Å². The minimum absolute atomic E-state index is 0.0809. The molecule has 0 unspecified atom stereocenters. The van der Waals surface area contributed by atoms with E-state index in [1.54, 1.807) is 0 Å². The SMILES string of the molecule is O=C(C(=Pc1ccccc1)c1ccccc1)c1ccccc1. The summed E-state index contributed by atoms with van der Waals surface area (Å²) in [5.74, 6) is 0.0809. The van der Waals surface area contributed by atoms with E-state index in [0.29, 0.717) is 0 Å². The number of hydrogen-bond acceptors (Lipinski definition) is 1. The second-order valence-corrected chi connectivity index (χ2v) is 6.04. The molecule has 0 saturated carbocycles. The Bertz CT molecular complexity index is 778. The van der Waals surface area contributed by atoms with Crippen LogP contribution in [0.15, 0.2) is 91.0 Å². The number of Topliss-reactive ketones (excluding diaryl/α,β-unsaturated/α-hetero) is 1. The van der Waals surface area contributed by atoms with Gasteiger partial charge in [0.25, 0.3) is 0 Å². The van der Waals surface area contributed by atoms with Gasteiger partial charge in [-0.1, -0.05) is 99.2 Å². The number of rotatable bonds is 4. The Balaban J connectivity index is 2.08. The van der Waals surface area contributed by atoms with E-state index in [1.165, 1.54) is 0 Å². The molecule has 106 valence electrons. The average Bonchev–Trinajstić information content (AvgIpc) is 2.61. The summed E-state index contributed by atoms with van der Waals surface area (Å²) >= 11 is 0. The summed E-state index contributed by atoms with van der Waals surface area (Å²) < 4.78 is 0. The predicted octanol–water partition coefficient (Wildman–Crippen LogP) is 4.36. The highest BCUT2D eigenvalue weighted by molar-refractivity contribution is 7.52. The van der Waals surface area contributed by atoms with Gasteiger partial charge in [0.2, 0.25) is 0 Å². The second-order valence-electron chi connectivity index (χ2n) is 4.86. The number of benzene rings is 3. The third-order valence-corrected chi connectivity index (χ3v) is 4.54. The second kappa shape index (κ2) is 6.98. The van der Waals surface area contributed by atoms with E-state index in [4.69, 9.17) is 0 Å². The zero-order valence-electron chi connectivity index (χ0n) is 12.0. The summed E-state index contributed by atoms with van der Waals surface area (Å²) in [6, 6.07) is 29.4. The summed E-state index contributed by atoms with van der Waals surface area (Å²) in [5, 5.41) is 1.92. The summed E-state index contributed by atoms with van der Waals surface area (Å²) in [4.78, 5) is 12.9. The van der Waals surface area contributed by atoms with Crippen molar-refractivity contribution in [2.24, 2.45) is 0 Å². The molecule has 0 fully saturated rings. The smallest absolute Gasteiger partial charge is 0.198 e. The molecule has 0 amide bonds. The van der Waals surface area contributed by atoms with Gasteiger partial charge in [-0.3, -0.25) is 4.79 Å². The highest BCUT2D eigenvalue weighted by atomic mass is 31.1. The highest BCUT2D eigenvalue weighted by Crippen LogP contribution is 2.15. The molecule has 0 bridgehead atoms. The van der Waals surface area contributed by atoms with Crippen LogP contribution in [0.4, 0.5) is 0 Å². The van der Waals surface area contributed by atoms with E-state index in [1.807, 2.05) is 91.0 Å². The first kappa shape index (κ1) is 14.4. The number of carbonyl (C=O) groups is 1. The first-order valence-corrected chi connectivity index (χ1v) is 8.03. The quantitative estimate of drug-likeness (QED) is 0.517. The van der Waals surface area contributed by atoms with Gasteiger partial charge in [0.05, 0.1) is 5.29 Å². The van der Waals surface area contributed by atoms with Crippen LogP contribution in [0.25, 0.3) is 0 Å². The Kier molecular flexibility index (Phi) is 4.58. The van der Waals surface area contributed by atoms with E-state index in [2.05, 4.69) is 0 Å². The van der Waals surface area contributed by atoms with E-state index in [0.717, 1.165) is 29.9 Å². The molecule has 3 rings (SSSR count). The van der Waals surface area contributed by atoms with Gasteiger partial charge in [0.15, 0.2) is 5.78 Å². The molecule has 1 nitrogen and oxygen atoms in total. The molecule has 0 atom stereocenters. The summed E-state index contributed by atoms with van der Waals surface area (Å²) in [6.45, 7) is 0. The molecule has 2 heteroatoms. The topological polar surface area (TPSA) is 17.1 Å². The zero-order valence-corrected chi connectivity index (χ0v) is 12.9. The van der Waals surface area contributed by atoms with Crippen molar-refractivity contribution in [3.63, 3.8) is 0 Å². The molecular formula is C20H15OP.